The Morgan fingerprint density at radius 1 is 0.973 bits per heavy atom. The molecule has 0 aliphatic carbocycles. The molecule has 0 saturated carbocycles. The van der Waals surface area contributed by atoms with Crippen LogP contribution in [0.1, 0.15) is 27.5 Å². The number of H-pyrrole nitrogens is 1. The summed E-state index contributed by atoms with van der Waals surface area (Å²) in [7, 11) is 0. The minimum Gasteiger partial charge on any atom is -0.489 e. The summed E-state index contributed by atoms with van der Waals surface area (Å²) in [5, 5.41) is 0.602. The van der Waals surface area contributed by atoms with Crippen molar-refractivity contribution in [1.82, 2.24) is 4.98 Å². The summed E-state index contributed by atoms with van der Waals surface area (Å²) >= 11 is 8.49. The molecule has 0 radical (unpaired) electrons. The molecule has 3 heterocycles. The number of rotatable bonds is 5. The van der Waals surface area contributed by atoms with Gasteiger partial charge in [0.05, 0.1) is 16.6 Å². The first-order valence-electron chi connectivity index (χ1n) is 11.7. The molecule has 3 atom stereocenters. The van der Waals surface area contributed by atoms with Crippen molar-refractivity contribution in [2.75, 3.05) is 4.90 Å². The molecule has 1 N–H and O–H groups in total. The highest BCUT2D eigenvalue weighted by Crippen LogP contribution is 2.54. The second kappa shape index (κ2) is 9.52. The van der Waals surface area contributed by atoms with Crippen LogP contribution in [0.25, 0.3) is 0 Å². The van der Waals surface area contributed by atoms with Gasteiger partial charge in [0.2, 0.25) is 11.8 Å². The van der Waals surface area contributed by atoms with Gasteiger partial charge in [-0.1, -0.05) is 82.7 Å². The maximum atomic E-state index is 13.9. The third kappa shape index (κ3) is 4.29. The van der Waals surface area contributed by atoms with Crippen molar-refractivity contribution in [3.05, 3.63) is 109 Å². The molecule has 9 heteroatoms. The smallest absolute Gasteiger partial charge is 0.305 e. The zero-order valence-corrected chi connectivity index (χ0v) is 22.0. The van der Waals surface area contributed by atoms with E-state index in [1.165, 1.54) is 16.7 Å². The second-order valence-corrected chi connectivity index (χ2v) is 11.7. The first-order valence-corrected chi connectivity index (χ1v) is 13.8. The number of nitrogens with zero attached hydrogens (tertiary/aromatic N) is 1. The SMILES string of the molecule is Cc1ccc(N2C(=O)C3Sc4[nH]c(=O)sc4C(c4ccccc4OCc4cccc(Cl)c4)C3C2=O)cc1. The topological polar surface area (TPSA) is 79.5 Å². The van der Waals surface area contributed by atoms with Gasteiger partial charge in [-0.3, -0.25) is 14.4 Å². The lowest BCUT2D eigenvalue weighted by Gasteiger charge is -2.30. The van der Waals surface area contributed by atoms with E-state index in [1.807, 2.05) is 61.5 Å². The third-order valence-electron chi connectivity index (χ3n) is 6.65. The molecular formula is C28H21ClN2O4S2. The quantitative estimate of drug-likeness (QED) is 0.320. The number of aromatic nitrogens is 1. The molecule has 186 valence electrons. The van der Waals surface area contributed by atoms with E-state index in [-0.39, 0.29) is 23.3 Å². The van der Waals surface area contributed by atoms with Gasteiger partial charge in [0.1, 0.15) is 17.6 Å². The molecule has 2 aliphatic rings. The molecule has 6 rings (SSSR count). The number of ether oxygens (including phenoxy) is 1. The zero-order chi connectivity index (χ0) is 25.7. The van der Waals surface area contributed by atoms with Gasteiger partial charge < -0.3 is 9.72 Å². The molecule has 0 spiro atoms. The van der Waals surface area contributed by atoms with E-state index >= 15 is 0 Å². The first-order chi connectivity index (χ1) is 17.9. The van der Waals surface area contributed by atoms with Crippen molar-refractivity contribution in [1.29, 1.82) is 0 Å². The van der Waals surface area contributed by atoms with Crippen LogP contribution in [-0.2, 0) is 16.2 Å². The van der Waals surface area contributed by atoms with Crippen molar-refractivity contribution < 1.29 is 14.3 Å². The highest BCUT2D eigenvalue weighted by Gasteiger charge is 2.56. The maximum Gasteiger partial charge on any atom is 0.305 e. The average Bonchev–Trinajstić information content (AvgIpc) is 3.38. The van der Waals surface area contributed by atoms with Crippen molar-refractivity contribution in [3.63, 3.8) is 0 Å². The summed E-state index contributed by atoms with van der Waals surface area (Å²) < 4.78 is 6.23. The summed E-state index contributed by atoms with van der Waals surface area (Å²) in [4.78, 5) is 44.6. The number of hydrogen-bond donors (Lipinski definition) is 1. The van der Waals surface area contributed by atoms with Gasteiger partial charge in [0.25, 0.3) is 0 Å². The molecule has 2 amide bonds. The van der Waals surface area contributed by atoms with Crippen LogP contribution in [-0.4, -0.2) is 22.0 Å². The number of carbonyl (C=O) groups excluding carboxylic acids is 2. The number of aryl methyl sites for hydroxylation is 1. The monoisotopic (exact) mass is 548 g/mol. The first kappa shape index (κ1) is 24.0. The Balaban J connectivity index is 1.42. The highest BCUT2D eigenvalue weighted by molar-refractivity contribution is 8.00. The number of thiazole rings is 1. The lowest BCUT2D eigenvalue weighted by Crippen LogP contribution is -2.32. The van der Waals surface area contributed by atoms with E-state index in [2.05, 4.69) is 4.98 Å². The van der Waals surface area contributed by atoms with E-state index in [0.29, 0.717) is 21.5 Å². The molecule has 1 aromatic heterocycles. The van der Waals surface area contributed by atoms with Gasteiger partial charge in [-0.2, -0.15) is 0 Å². The number of aromatic amines is 1. The Morgan fingerprint density at radius 3 is 2.54 bits per heavy atom. The number of anilines is 1. The van der Waals surface area contributed by atoms with E-state index in [4.69, 9.17) is 16.3 Å². The molecule has 3 unspecified atom stereocenters. The molecule has 3 aromatic carbocycles. The van der Waals surface area contributed by atoms with Gasteiger partial charge >= 0.3 is 4.87 Å². The Bertz CT molecular complexity index is 1580. The van der Waals surface area contributed by atoms with Crippen molar-refractivity contribution in [2.24, 2.45) is 5.92 Å². The predicted molar refractivity (Wildman–Crippen MR) is 146 cm³/mol. The number of imide groups is 1. The fraction of sp³-hybridized carbons (Fsp3) is 0.179. The Hall–Kier alpha value is -3.33. The zero-order valence-electron chi connectivity index (χ0n) is 19.6. The average molecular weight is 549 g/mol. The van der Waals surface area contributed by atoms with Gasteiger partial charge in [-0.05, 0) is 42.8 Å². The Kier molecular flexibility index (Phi) is 6.18. The summed E-state index contributed by atoms with van der Waals surface area (Å²) in [6.07, 6.45) is 0. The Labute approximate surface area is 226 Å². The molecular weight excluding hydrogens is 528 g/mol. The lowest BCUT2D eigenvalue weighted by atomic mass is 9.82. The largest absolute Gasteiger partial charge is 0.489 e. The highest BCUT2D eigenvalue weighted by atomic mass is 35.5. The van der Waals surface area contributed by atoms with Gasteiger partial charge in [-0.15, -0.1) is 0 Å². The number of amides is 2. The minimum atomic E-state index is -0.673. The van der Waals surface area contributed by atoms with Crippen LogP contribution in [0.4, 0.5) is 5.69 Å². The number of para-hydroxylation sites is 1. The van der Waals surface area contributed by atoms with E-state index in [0.717, 1.165) is 32.9 Å². The van der Waals surface area contributed by atoms with Crippen molar-refractivity contribution >= 4 is 52.2 Å². The van der Waals surface area contributed by atoms with Crippen LogP contribution < -0.4 is 14.5 Å². The van der Waals surface area contributed by atoms with Crippen LogP contribution in [0.3, 0.4) is 0 Å². The van der Waals surface area contributed by atoms with Gasteiger partial charge in [-0.25, -0.2) is 4.90 Å². The third-order valence-corrected chi connectivity index (χ3v) is 9.29. The molecule has 1 fully saturated rings. The minimum absolute atomic E-state index is 0.213. The number of carbonyl (C=O) groups is 2. The standard InChI is InChI=1S/C28H21ClN2O4S2/c1-15-9-11-18(12-10-15)31-26(32)22-21(23-25(30-28(34)37-23)36-24(22)27(31)33)19-7-2-3-8-20(19)35-14-16-5-4-6-17(29)13-16/h2-13,21-22,24H,14H2,1H3,(H,30,34). The summed E-state index contributed by atoms with van der Waals surface area (Å²) in [6.45, 7) is 2.24. The van der Waals surface area contributed by atoms with E-state index < -0.39 is 17.1 Å². The molecule has 1 saturated heterocycles. The fourth-order valence-corrected chi connectivity index (χ4v) is 7.68. The van der Waals surface area contributed by atoms with Crippen LogP contribution in [0.2, 0.25) is 5.02 Å². The molecule has 0 bridgehead atoms. The van der Waals surface area contributed by atoms with Crippen LogP contribution in [0, 0.1) is 12.8 Å². The van der Waals surface area contributed by atoms with Crippen LogP contribution >= 0.6 is 34.7 Å². The van der Waals surface area contributed by atoms with Crippen molar-refractivity contribution in [3.8, 4) is 5.75 Å². The number of halogens is 1. The number of fused-ring (bicyclic) bond motifs is 2. The number of thioether (sulfide) groups is 1. The number of hydrogen-bond acceptors (Lipinski definition) is 6. The van der Waals surface area contributed by atoms with E-state index in [9.17, 15) is 14.4 Å². The molecule has 37 heavy (non-hydrogen) atoms. The van der Waals surface area contributed by atoms with Gasteiger partial charge in [0.15, 0.2) is 0 Å². The second-order valence-electron chi connectivity index (χ2n) is 9.05. The summed E-state index contributed by atoms with van der Waals surface area (Å²) in [5.41, 5.74) is 3.27. The normalized spacial score (nSPS) is 20.6. The molecule has 6 nitrogen and oxygen atoms in total. The van der Waals surface area contributed by atoms with Crippen molar-refractivity contribution in [2.45, 2.75) is 29.7 Å². The predicted octanol–water partition coefficient (Wildman–Crippen LogP) is 5.77. The molecule has 2 aliphatic heterocycles. The maximum absolute atomic E-state index is 13.9. The summed E-state index contributed by atoms with van der Waals surface area (Å²) in [5.74, 6) is -1.13. The van der Waals surface area contributed by atoms with Gasteiger partial charge in [0, 0.05) is 21.4 Å². The molecule has 4 aromatic rings. The lowest BCUT2D eigenvalue weighted by molar-refractivity contribution is -0.122. The Morgan fingerprint density at radius 2 is 1.76 bits per heavy atom. The fourth-order valence-electron chi connectivity index (χ4n) is 4.96. The number of benzene rings is 3. The van der Waals surface area contributed by atoms with Crippen LogP contribution in [0.5, 0.6) is 5.75 Å². The van der Waals surface area contributed by atoms with Crippen LogP contribution in [0.15, 0.2) is 82.6 Å². The number of nitrogens with one attached hydrogen (secondary N) is 1. The summed E-state index contributed by atoms with van der Waals surface area (Å²) in [6, 6.07) is 22.3. The van der Waals surface area contributed by atoms with E-state index in [1.54, 1.807) is 18.2 Å².